The Bertz CT molecular complexity index is 416. The first-order valence-corrected chi connectivity index (χ1v) is 6.76. The van der Waals surface area contributed by atoms with Gasteiger partial charge in [0.15, 0.2) is 0 Å². The van der Waals surface area contributed by atoms with Gasteiger partial charge in [-0.2, -0.15) is 0 Å². The first-order valence-electron chi connectivity index (χ1n) is 6.76. The quantitative estimate of drug-likeness (QED) is 0.217. The zero-order valence-electron chi connectivity index (χ0n) is 13.1. The Hall–Kier alpha value is -1.78. The van der Waals surface area contributed by atoms with Gasteiger partial charge in [-0.1, -0.05) is 6.58 Å². The van der Waals surface area contributed by atoms with E-state index in [0.717, 1.165) is 0 Å². The van der Waals surface area contributed by atoms with Gasteiger partial charge in [0.2, 0.25) is 0 Å². The molecule has 0 aliphatic carbocycles. The summed E-state index contributed by atoms with van der Waals surface area (Å²) in [5, 5.41) is 22.1. The Morgan fingerprint density at radius 1 is 1.09 bits per heavy atom. The molecule has 0 aromatic carbocycles. The molecule has 132 valence electrons. The van der Waals surface area contributed by atoms with Gasteiger partial charge in [0, 0.05) is 16.2 Å². The molecular weight excluding hydrogens is 312 g/mol. The fourth-order valence-electron chi connectivity index (χ4n) is 1.11. The number of carbonyl (C=O) groups is 2. The summed E-state index contributed by atoms with van der Waals surface area (Å²) in [5.74, 6) is -1.82. The Morgan fingerprint density at radius 3 is 2.30 bits per heavy atom. The largest absolute Gasteiger partial charge is 0.394 e. The summed E-state index contributed by atoms with van der Waals surface area (Å²) in [7, 11) is 0. The van der Waals surface area contributed by atoms with Crippen LogP contribution in [-0.2, 0) is 33.9 Å². The molecule has 1 atom stereocenters. The van der Waals surface area contributed by atoms with Crippen LogP contribution in [0.15, 0.2) is 23.8 Å². The summed E-state index contributed by atoms with van der Waals surface area (Å²) in [6, 6.07) is 0. The molecule has 0 bridgehead atoms. The summed E-state index contributed by atoms with van der Waals surface area (Å²) in [4.78, 5) is 30.7. The number of aliphatic hydroxyl groups is 2. The Balaban J connectivity index is 3.94. The third-order valence-corrected chi connectivity index (χ3v) is 2.23. The van der Waals surface area contributed by atoms with E-state index in [1.54, 1.807) is 0 Å². The van der Waals surface area contributed by atoms with Crippen LogP contribution in [0.1, 0.15) is 13.8 Å². The molecule has 0 rings (SSSR count). The van der Waals surface area contributed by atoms with Crippen LogP contribution in [0.3, 0.4) is 0 Å². The van der Waals surface area contributed by atoms with Gasteiger partial charge >= 0.3 is 11.9 Å². The molecule has 1 unspecified atom stereocenters. The van der Waals surface area contributed by atoms with Crippen molar-refractivity contribution in [1.82, 2.24) is 0 Å². The summed E-state index contributed by atoms with van der Waals surface area (Å²) in [6.45, 7) is 6.67. The number of hydrogen-bond acceptors (Lipinski definition) is 9. The maximum atomic E-state index is 11.5. The molecule has 0 saturated heterocycles. The predicted molar refractivity (Wildman–Crippen MR) is 76.6 cm³/mol. The molecule has 0 amide bonds. The third kappa shape index (κ3) is 11.4. The average Bonchev–Trinajstić information content (AvgIpc) is 2.50. The van der Waals surface area contributed by atoms with Gasteiger partial charge in [-0.3, -0.25) is 9.78 Å². The summed E-state index contributed by atoms with van der Waals surface area (Å²) >= 11 is 0. The minimum Gasteiger partial charge on any atom is -0.394 e. The Labute approximate surface area is 133 Å². The van der Waals surface area contributed by atoms with Crippen LogP contribution in [0.4, 0.5) is 0 Å². The highest BCUT2D eigenvalue weighted by Crippen LogP contribution is 2.02. The number of ether oxygens (including phenoxy) is 2. The highest BCUT2D eigenvalue weighted by Gasteiger charge is 2.12. The van der Waals surface area contributed by atoms with Crippen LogP contribution >= 0.6 is 0 Å². The summed E-state index contributed by atoms with van der Waals surface area (Å²) < 4.78 is 10.1. The standard InChI is InChI=1S/C14H22O9/c1-10(2)13(17)21-23-22-14(18)11(3)8-12(16)9-20-7-6-19-5-4-15/h8,12,15-16H,1,4-7,9H2,2-3H3/b11-8+. The molecule has 0 aromatic heterocycles. The van der Waals surface area contributed by atoms with E-state index in [2.05, 4.69) is 21.4 Å². The normalized spacial score (nSPS) is 12.6. The fraction of sp³-hybridized carbons (Fsp3) is 0.571. The highest BCUT2D eigenvalue weighted by molar-refractivity contribution is 5.88. The lowest BCUT2D eigenvalue weighted by molar-refractivity contribution is -0.456. The van der Waals surface area contributed by atoms with Crippen LogP contribution in [0, 0.1) is 0 Å². The molecule has 0 aliphatic heterocycles. The lowest BCUT2D eigenvalue weighted by Crippen LogP contribution is -2.18. The average molecular weight is 334 g/mol. The minimum absolute atomic E-state index is 0.0315. The van der Waals surface area contributed by atoms with Crippen molar-refractivity contribution in [3.63, 3.8) is 0 Å². The van der Waals surface area contributed by atoms with E-state index in [4.69, 9.17) is 14.6 Å². The second kappa shape index (κ2) is 12.7. The van der Waals surface area contributed by atoms with Crippen molar-refractivity contribution >= 4 is 11.9 Å². The number of rotatable bonds is 12. The van der Waals surface area contributed by atoms with Crippen LogP contribution in [0.25, 0.3) is 0 Å². The molecule has 0 saturated carbocycles. The van der Waals surface area contributed by atoms with Crippen LogP contribution in [0.5, 0.6) is 0 Å². The van der Waals surface area contributed by atoms with E-state index in [1.165, 1.54) is 19.9 Å². The zero-order chi connectivity index (χ0) is 17.7. The summed E-state index contributed by atoms with van der Waals surface area (Å²) in [6.07, 6.45) is 0.152. The molecule has 0 fully saturated rings. The second-order valence-corrected chi connectivity index (χ2v) is 4.42. The van der Waals surface area contributed by atoms with Gasteiger partial charge in [0.25, 0.3) is 0 Å². The predicted octanol–water partition coefficient (Wildman–Crippen LogP) is -0.172. The van der Waals surface area contributed by atoms with E-state index < -0.39 is 18.0 Å². The van der Waals surface area contributed by atoms with Gasteiger partial charge in [-0.25, -0.2) is 9.59 Å². The van der Waals surface area contributed by atoms with E-state index in [9.17, 15) is 14.7 Å². The molecule has 0 radical (unpaired) electrons. The van der Waals surface area contributed by atoms with Crippen molar-refractivity contribution in [2.24, 2.45) is 0 Å². The highest BCUT2D eigenvalue weighted by atomic mass is 17.5. The molecule has 0 aliphatic rings. The number of aliphatic hydroxyl groups excluding tert-OH is 2. The maximum Gasteiger partial charge on any atom is 0.372 e. The molecular formula is C14H22O9. The van der Waals surface area contributed by atoms with Crippen LogP contribution in [0.2, 0.25) is 0 Å². The molecule has 9 heteroatoms. The van der Waals surface area contributed by atoms with Gasteiger partial charge in [-0.05, 0) is 19.9 Å². The number of hydrogen-bond donors (Lipinski definition) is 2. The molecule has 9 nitrogen and oxygen atoms in total. The van der Waals surface area contributed by atoms with Crippen molar-refractivity contribution in [1.29, 1.82) is 0 Å². The van der Waals surface area contributed by atoms with Crippen molar-refractivity contribution in [3.05, 3.63) is 23.8 Å². The second-order valence-electron chi connectivity index (χ2n) is 4.42. The first-order chi connectivity index (χ1) is 10.9. The van der Waals surface area contributed by atoms with E-state index in [-0.39, 0.29) is 44.2 Å². The fourth-order valence-corrected chi connectivity index (χ4v) is 1.11. The molecule has 0 spiro atoms. The van der Waals surface area contributed by atoms with E-state index in [0.29, 0.717) is 0 Å². The third-order valence-electron chi connectivity index (χ3n) is 2.23. The first kappa shape index (κ1) is 21.2. The van der Waals surface area contributed by atoms with E-state index in [1.807, 2.05) is 0 Å². The van der Waals surface area contributed by atoms with Gasteiger partial charge in [0.1, 0.15) is 0 Å². The lowest BCUT2D eigenvalue weighted by atomic mass is 10.2. The summed E-state index contributed by atoms with van der Waals surface area (Å²) in [5.41, 5.74) is 0.104. The lowest BCUT2D eigenvalue weighted by Gasteiger charge is -2.09. The Morgan fingerprint density at radius 2 is 1.70 bits per heavy atom. The van der Waals surface area contributed by atoms with Gasteiger partial charge in [0.05, 0.1) is 39.1 Å². The van der Waals surface area contributed by atoms with Crippen molar-refractivity contribution in [2.75, 3.05) is 33.0 Å². The maximum absolute atomic E-state index is 11.5. The number of carbonyl (C=O) groups excluding carboxylic acids is 2. The van der Waals surface area contributed by atoms with Gasteiger partial charge in [-0.15, -0.1) is 0 Å². The molecule has 0 heterocycles. The van der Waals surface area contributed by atoms with E-state index >= 15 is 0 Å². The molecule has 0 aromatic rings. The topological polar surface area (TPSA) is 121 Å². The molecule has 23 heavy (non-hydrogen) atoms. The smallest absolute Gasteiger partial charge is 0.372 e. The molecule has 2 N–H and O–H groups in total. The zero-order valence-corrected chi connectivity index (χ0v) is 13.1. The van der Waals surface area contributed by atoms with Crippen molar-refractivity contribution in [3.8, 4) is 0 Å². The van der Waals surface area contributed by atoms with Crippen LogP contribution in [-0.4, -0.2) is 61.3 Å². The van der Waals surface area contributed by atoms with Gasteiger partial charge < -0.3 is 19.7 Å². The SMILES string of the molecule is C=C(C)C(=O)OOOC(=O)/C(C)=C/C(O)COCCOCCO. The monoisotopic (exact) mass is 334 g/mol. The van der Waals surface area contributed by atoms with Crippen LogP contribution < -0.4 is 0 Å². The van der Waals surface area contributed by atoms with Crippen molar-refractivity contribution < 1.29 is 44.1 Å². The Kier molecular flexibility index (Phi) is 11.7. The van der Waals surface area contributed by atoms with Crippen molar-refractivity contribution in [2.45, 2.75) is 20.0 Å². The minimum atomic E-state index is -1.04.